The van der Waals surface area contributed by atoms with Crippen LogP contribution in [0.4, 0.5) is 0 Å². The molecule has 0 spiro atoms. The molecule has 0 aliphatic rings. The zero-order valence-electron chi connectivity index (χ0n) is 12.3. The lowest BCUT2D eigenvalue weighted by molar-refractivity contribution is -0.0755. The average molecular weight is 254 g/mol. The molecule has 1 aromatic rings. The summed E-state index contributed by atoms with van der Waals surface area (Å²) in [6, 6.07) is 8.32. The fourth-order valence-electron chi connectivity index (χ4n) is 1.66. The van der Waals surface area contributed by atoms with E-state index in [-0.39, 0.29) is 9.14 Å². The van der Waals surface area contributed by atoms with E-state index in [1.807, 2.05) is 19.1 Å². The topological polar surface area (TPSA) is 18.5 Å². The van der Waals surface area contributed by atoms with Crippen LogP contribution < -0.4 is 4.74 Å². The molecule has 0 aromatic heterocycles. The monoisotopic (exact) mass is 254 g/mol. The molecule has 0 saturated carbocycles. The SMILES string of the molecule is CCC(C)c1ccc(OC(C)OCC(C)C)cc1.[HH].[HH]. The highest BCUT2D eigenvalue weighted by atomic mass is 16.7. The first-order valence-electron chi connectivity index (χ1n) is 6.91. The standard InChI is InChI=1S/C16H26O2.2H2/c1-6-13(4)15-7-9-16(10-8-15)18-14(5)17-11-12(2)3;;/h7-10,12-14H,6,11H2,1-5H3;2*1H. The third-order valence-electron chi connectivity index (χ3n) is 3.03. The largest absolute Gasteiger partial charge is 0.465 e. The van der Waals surface area contributed by atoms with Crippen LogP contribution in [0.2, 0.25) is 0 Å². The Hall–Kier alpha value is -1.02. The minimum atomic E-state index is -0.193. The van der Waals surface area contributed by atoms with E-state index < -0.39 is 0 Å². The van der Waals surface area contributed by atoms with Gasteiger partial charge in [-0.2, -0.15) is 0 Å². The van der Waals surface area contributed by atoms with Crippen molar-refractivity contribution in [2.24, 2.45) is 5.92 Å². The Kier molecular flexibility index (Phi) is 6.20. The van der Waals surface area contributed by atoms with Crippen molar-refractivity contribution in [1.82, 2.24) is 0 Å². The van der Waals surface area contributed by atoms with Crippen molar-refractivity contribution in [2.75, 3.05) is 6.61 Å². The summed E-state index contributed by atoms with van der Waals surface area (Å²) in [6.45, 7) is 11.4. The van der Waals surface area contributed by atoms with Crippen molar-refractivity contribution in [3.63, 3.8) is 0 Å². The number of hydrogen-bond acceptors (Lipinski definition) is 2. The Morgan fingerprint density at radius 2 is 1.67 bits per heavy atom. The number of hydrogen-bond donors (Lipinski definition) is 0. The molecule has 1 rings (SSSR count). The highest BCUT2D eigenvalue weighted by molar-refractivity contribution is 5.29. The van der Waals surface area contributed by atoms with Crippen LogP contribution in [0.5, 0.6) is 5.75 Å². The van der Waals surface area contributed by atoms with Crippen LogP contribution in [0, 0.1) is 5.92 Å². The third-order valence-corrected chi connectivity index (χ3v) is 3.03. The maximum absolute atomic E-state index is 5.71. The Morgan fingerprint density at radius 3 is 2.17 bits per heavy atom. The van der Waals surface area contributed by atoms with Gasteiger partial charge in [0.05, 0.1) is 6.61 Å². The predicted octanol–water partition coefficient (Wildman–Crippen LogP) is 5.09. The van der Waals surface area contributed by atoms with Gasteiger partial charge in [-0.15, -0.1) is 0 Å². The van der Waals surface area contributed by atoms with Crippen LogP contribution in [0.3, 0.4) is 0 Å². The molecule has 0 heterocycles. The van der Waals surface area contributed by atoms with Gasteiger partial charge in [0.1, 0.15) is 5.75 Å². The molecular formula is C16H30O2. The summed E-state index contributed by atoms with van der Waals surface area (Å²) >= 11 is 0. The Morgan fingerprint density at radius 1 is 1.06 bits per heavy atom. The van der Waals surface area contributed by atoms with Crippen LogP contribution in [-0.2, 0) is 4.74 Å². The second kappa shape index (κ2) is 7.42. The van der Waals surface area contributed by atoms with E-state index in [4.69, 9.17) is 9.47 Å². The van der Waals surface area contributed by atoms with Gasteiger partial charge in [0, 0.05) is 2.85 Å². The van der Waals surface area contributed by atoms with E-state index in [0.29, 0.717) is 11.8 Å². The lowest BCUT2D eigenvalue weighted by Gasteiger charge is -2.17. The van der Waals surface area contributed by atoms with Crippen LogP contribution in [0.25, 0.3) is 0 Å². The molecule has 106 valence electrons. The number of rotatable bonds is 7. The molecule has 0 radical (unpaired) electrons. The summed E-state index contributed by atoms with van der Waals surface area (Å²) in [5.74, 6) is 2.01. The molecule has 0 bridgehead atoms. The van der Waals surface area contributed by atoms with Gasteiger partial charge < -0.3 is 9.47 Å². The minimum Gasteiger partial charge on any atom is -0.465 e. The van der Waals surface area contributed by atoms with Crippen molar-refractivity contribution in [2.45, 2.75) is 53.2 Å². The highest BCUT2D eigenvalue weighted by Gasteiger charge is 2.07. The maximum Gasteiger partial charge on any atom is 0.196 e. The van der Waals surface area contributed by atoms with Crippen molar-refractivity contribution >= 4 is 0 Å². The van der Waals surface area contributed by atoms with Crippen molar-refractivity contribution in [1.29, 1.82) is 0 Å². The average Bonchev–Trinajstić information content (AvgIpc) is 2.36. The smallest absolute Gasteiger partial charge is 0.196 e. The van der Waals surface area contributed by atoms with Gasteiger partial charge in [0.15, 0.2) is 6.29 Å². The van der Waals surface area contributed by atoms with Gasteiger partial charge >= 0.3 is 0 Å². The number of benzene rings is 1. The van der Waals surface area contributed by atoms with Gasteiger partial charge in [0.2, 0.25) is 0 Å². The lowest BCUT2D eigenvalue weighted by atomic mass is 9.99. The van der Waals surface area contributed by atoms with Crippen LogP contribution in [-0.4, -0.2) is 12.9 Å². The van der Waals surface area contributed by atoms with Gasteiger partial charge in [-0.3, -0.25) is 0 Å². The van der Waals surface area contributed by atoms with E-state index in [1.165, 1.54) is 5.56 Å². The van der Waals surface area contributed by atoms with E-state index in [9.17, 15) is 0 Å². The molecule has 0 N–H and O–H groups in total. The third kappa shape index (κ3) is 5.09. The summed E-state index contributed by atoms with van der Waals surface area (Å²) in [7, 11) is 0. The minimum absolute atomic E-state index is 0. The van der Waals surface area contributed by atoms with Gasteiger partial charge in [0.25, 0.3) is 0 Å². The van der Waals surface area contributed by atoms with Crippen molar-refractivity contribution < 1.29 is 12.3 Å². The van der Waals surface area contributed by atoms with Crippen molar-refractivity contribution in [3.8, 4) is 5.75 Å². The summed E-state index contributed by atoms with van der Waals surface area (Å²) in [5.41, 5.74) is 1.36. The molecule has 0 aliphatic heterocycles. The Balaban J connectivity index is 0. The normalized spacial score (nSPS) is 14.6. The number of ether oxygens (including phenoxy) is 2. The predicted molar refractivity (Wildman–Crippen MR) is 80.3 cm³/mol. The first-order valence-corrected chi connectivity index (χ1v) is 6.91. The first-order chi connectivity index (χ1) is 8.52. The molecule has 18 heavy (non-hydrogen) atoms. The van der Waals surface area contributed by atoms with Crippen LogP contribution >= 0.6 is 0 Å². The summed E-state index contributed by atoms with van der Waals surface area (Å²) in [6.07, 6.45) is 0.968. The zero-order valence-corrected chi connectivity index (χ0v) is 12.3. The molecule has 0 fully saturated rings. The summed E-state index contributed by atoms with van der Waals surface area (Å²) in [4.78, 5) is 0. The van der Waals surface area contributed by atoms with Gasteiger partial charge in [-0.05, 0) is 42.9 Å². The Bertz CT molecular complexity index is 339. The van der Waals surface area contributed by atoms with E-state index >= 15 is 0 Å². The highest BCUT2D eigenvalue weighted by Crippen LogP contribution is 2.22. The van der Waals surface area contributed by atoms with Gasteiger partial charge in [-0.1, -0.05) is 39.8 Å². The second-order valence-electron chi connectivity index (χ2n) is 5.29. The molecule has 0 aliphatic carbocycles. The van der Waals surface area contributed by atoms with E-state index in [0.717, 1.165) is 18.8 Å². The molecule has 2 unspecified atom stereocenters. The Labute approximate surface area is 114 Å². The molecule has 0 amide bonds. The molecule has 2 atom stereocenters. The zero-order chi connectivity index (χ0) is 13.5. The molecule has 2 heteroatoms. The van der Waals surface area contributed by atoms with Gasteiger partial charge in [-0.25, -0.2) is 0 Å². The fourth-order valence-corrected chi connectivity index (χ4v) is 1.66. The van der Waals surface area contributed by atoms with E-state index in [2.05, 4.69) is 39.8 Å². The van der Waals surface area contributed by atoms with E-state index in [1.54, 1.807) is 0 Å². The molecular weight excluding hydrogens is 224 g/mol. The molecule has 1 aromatic carbocycles. The lowest BCUT2D eigenvalue weighted by Crippen LogP contribution is -2.19. The fraction of sp³-hybridized carbons (Fsp3) is 0.625. The van der Waals surface area contributed by atoms with Crippen LogP contribution in [0.15, 0.2) is 24.3 Å². The summed E-state index contributed by atoms with van der Waals surface area (Å²) < 4.78 is 11.3. The maximum atomic E-state index is 5.71. The first kappa shape index (κ1) is 15.0. The van der Waals surface area contributed by atoms with Crippen molar-refractivity contribution in [3.05, 3.63) is 29.8 Å². The quantitative estimate of drug-likeness (QED) is 0.631. The second-order valence-corrected chi connectivity index (χ2v) is 5.29. The van der Waals surface area contributed by atoms with Crippen LogP contribution in [0.1, 0.15) is 55.4 Å². The molecule has 0 saturated heterocycles. The summed E-state index contributed by atoms with van der Waals surface area (Å²) in [5, 5.41) is 0. The molecule has 2 nitrogen and oxygen atoms in total.